The van der Waals surface area contributed by atoms with E-state index in [2.05, 4.69) is 10.3 Å². The molecule has 0 spiro atoms. The summed E-state index contributed by atoms with van der Waals surface area (Å²) in [6.07, 6.45) is 5.43. The van der Waals surface area contributed by atoms with Gasteiger partial charge in [0.25, 0.3) is 0 Å². The summed E-state index contributed by atoms with van der Waals surface area (Å²) in [5.41, 5.74) is 2.14. The molecule has 1 saturated carbocycles. The molecule has 0 unspecified atom stereocenters. The van der Waals surface area contributed by atoms with Crippen LogP contribution in [-0.4, -0.2) is 22.0 Å². The van der Waals surface area contributed by atoms with Crippen LogP contribution >= 0.6 is 11.3 Å². The van der Waals surface area contributed by atoms with Crippen molar-refractivity contribution in [1.82, 2.24) is 4.98 Å². The van der Waals surface area contributed by atoms with Crippen LogP contribution in [0.3, 0.4) is 0 Å². The number of aryl methyl sites for hydroxylation is 1. The SMILES string of the molecule is Cc1nc(-c2ccc(NC(=O)C3CCCCC3)cc2)sc1C(=O)O. The summed E-state index contributed by atoms with van der Waals surface area (Å²) >= 11 is 1.17. The Morgan fingerprint density at radius 3 is 2.42 bits per heavy atom. The lowest BCUT2D eigenvalue weighted by molar-refractivity contribution is -0.120. The summed E-state index contributed by atoms with van der Waals surface area (Å²) in [7, 11) is 0. The number of carbonyl (C=O) groups is 2. The second-order valence-corrected chi connectivity index (χ2v) is 7.14. The van der Waals surface area contributed by atoms with E-state index in [-0.39, 0.29) is 16.7 Å². The van der Waals surface area contributed by atoms with Crippen molar-refractivity contribution < 1.29 is 14.7 Å². The van der Waals surface area contributed by atoms with E-state index in [9.17, 15) is 9.59 Å². The Bertz CT molecular complexity index is 746. The van der Waals surface area contributed by atoms with Crippen LogP contribution in [-0.2, 0) is 4.79 Å². The number of nitrogens with zero attached hydrogens (tertiary/aromatic N) is 1. The number of hydrogen-bond acceptors (Lipinski definition) is 4. The van der Waals surface area contributed by atoms with Crippen LogP contribution in [0.25, 0.3) is 10.6 Å². The van der Waals surface area contributed by atoms with Gasteiger partial charge < -0.3 is 10.4 Å². The van der Waals surface area contributed by atoms with Crippen LogP contribution in [0.5, 0.6) is 0 Å². The van der Waals surface area contributed by atoms with Gasteiger partial charge in [-0.05, 0) is 44.0 Å². The Hall–Kier alpha value is -2.21. The molecule has 126 valence electrons. The number of nitrogens with one attached hydrogen (secondary N) is 1. The molecule has 1 aromatic heterocycles. The Morgan fingerprint density at radius 2 is 1.83 bits per heavy atom. The second kappa shape index (κ2) is 7.13. The molecule has 2 N–H and O–H groups in total. The van der Waals surface area contributed by atoms with Gasteiger partial charge in [-0.3, -0.25) is 4.79 Å². The zero-order chi connectivity index (χ0) is 17.1. The molecule has 24 heavy (non-hydrogen) atoms. The average Bonchev–Trinajstić information content (AvgIpc) is 2.98. The molecule has 1 amide bonds. The molecule has 3 rings (SSSR count). The number of amides is 1. The van der Waals surface area contributed by atoms with Gasteiger partial charge in [0.1, 0.15) is 9.88 Å². The van der Waals surface area contributed by atoms with Gasteiger partial charge in [0.15, 0.2) is 0 Å². The van der Waals surface area contributed by atoms with Gasteiger partial charge in [-0.1, -0.05) is 19.3 Å². The lowest BCUT2D eigenvalue weighted by Gasteiger charge is -2.20. The number of thiazole rings is 1. The van der Waals surface area contributed by atoms with Crippen molar-refractivity contribution in [2.24, 2.45) is 5.92 Å². The molecule has 0 atom stereocenters. The maximum atomic E-state index is 12.3. The third kappa shape index (κ3) is 3.64. The van der Waals surface area contributed by atoms with E-state index in [0.29, 0.717) is 10.7 Å². The first-order valence-electron chi connectivity index (χ1n) is 8.16. The normalized spacial score (nSPS) is 15.2. The minimum absolute atomic E-state index is 0.0979. The Balaban J connectivity index is 1.70. The molecule has 2 aromatic rings. The van der Waals surface area contributed by atoms with Crippen LogP contribution in [0.15, 0.2) is 24.3 Å². The molecule has 1 aliphatic rings. The Labute approximate surface area is 144 Å². The largest absolute Gasteiger partial charge is 0.477 e. The molecular formula is C18H20N2O3S. The van der Waals surface area contributed by atoms with Crippen LogP contribution in [0.2, 0.25) is 0 Å². The van der Waals surface area contributed by atoms with Gasteiger partial charge >= 0.3 is 5.97 Å². The first kappa shape index (κ1) is 16.6. The molecule has 0 saturated heterocycles. The predicted molar refractivity (Wildman–Crippen MR) is 94.5 cm³/mol. The quantitative estimate of drug-likeness (QED) is 0.865. The fraction of sp³-hybridized carbons (Fsp3) is 0.389. The number of carboxylic acids is 1. The number of aromatic carboxylic acids is 1. The molecule has 0 aliphatic heterocycles. The predicted octanol–water partition coefficient (Wildman–Crippen LogP) is 4.34. The highest BCUT2D eigenvalue weighted by atomic mass is 32.1. The summed E-state index contributed by atoms with van der Waals surface area (Å²) in [5, 5.41) is 12.8. The molecule has 1 aromatic carbocycles. The second-order valence-electron chi connectivity index (χ2n) is 6.14. The molecule has 1 fully saturated rings. The van der Waals surface area contributed by atoms with E-state index in [4.69, 9.17) is 5.11 Å². The molecule has 0 bridgehead atoms. The van der Waals surface area contributed by atoms with Gasteiger partial charge in [-0.15, -0.1) is 11.3 Å². The number of carbonyl (C=O) groups excluding carboxylic acids is 1. The van der Waals surface area contributed by atoms with Gasteiger partial charge in [-0.2, -0.15) is 0 Å². The Kier molecular flexibility index (Phi) is 4.94. The Morgan fingerprint density at radius 1 is 1.17 bits per heavy atom. The summed E-state index contributed by atoms with van der Waals surface area (Å²) in [6, 6.07) is 7.40. The van der Waals surface area contributed by atoms with Crippen LogP contribution < -0.4 is 5.32 Å². The number of carboxylic acid groups (broad SMARTS) is 1. The minimum atomic E-state index is -0.951. The third-order valence-corrected chi connectivity index (χ3v) is 5.56. The maximum absolute atomic E-state index is 12.3. The highest BCUT2D eigenvalue weighted by molar-refractivity contribution is 7.17. The molecule has 1 heterocycles. The van der Waals surface area contributed by atoms with Crippen molar-refractivity contribution in [3.63, 3.8) is 0 Å². The van der Waals surface area contributed by atoms with Gasteiger partial charge in [0.05, 0.1) is 5.69 Å². The zero-order valence-corrected chi connectivity index (χ0v) is 14.4. The zero-order valence-electron chi connectivity index (χ0n) is 13.5. The van der Waals surface area contributed by atoms with Crippen LogP contribution in [0, 0.1) is 12.8 Å². The topological polar surface area (TPSA) is 79.3 Å². The molecule has 0 radical (unpaired) electrons. The monoisotopic (exact) mass is 344 g/mol. The van der Waals surface area contributed by atoms with Crippen LogP contribution in [0.1, 0.15) is 47.5 Å². The number of anilines is 1. The van der Waals surface area contributed by atoms with Crippen molar-refractivity contribution >= 4 is 28.9 Å². The fourth-order valence-corrected chi connectivity index (χ4v) is 3.93. The van der Waals surface area contributed by atoms with Crippen molar-refractivity contribution in [2.45, 2.75) is 39.0 Å². The van der Waals surface area contributed by atoms with Crippen LogP contribution in [0.4, 0.5) is 5.69 Å². The molecule has 1 aliphatic carbocycles. The third-order valence-electron chi connectivity index (χ3n) is 4.37. The van der Waals surface area contributed by atoms with Gasteiger partial charge in [0, 0.05) is 17.2 Å². The van der Waals surface area contributed by atoms with E-state index in [1.165, 1.54) is 17.8 Å². The van der Waals surface area contributed by atoms with E-state index in [1.54, 1.807) is 6.92 Å². The van der Waals surface area contributed by atoms with Gasteiger partial charge in [0.2, 0.25) is 5.91 Å². The van der Waals surface area contributed by atoms with E-state index in [0.717, 1.165) is 36.9 Å². The highest BCUT2D eigenvalue weighted by Gasteiger charge is 2.21. The fourth-order valence-electron chi connectivity index (χ4n) is 3.02. The van der Waals surface area contributed by atoms with Gasteiger partial charge in [-0.25, -0.2) is 9.78 Å². The van der Waals surface area contributed by atoms with Crippen molar-refractivity contribution in [1.29, 1.82) is 0 Å². The first-order chi connectivity index (χ1) is 11.5. The molecule has 6 heteroatoms. The smallest absolute Gasteiger partial charge is 0.347 e. The van der Waals surface area contributed by atoms with E-state index >= 15 is 0 Å². The summed E-state index contributed by atoms with van der Waals surface area (Å²) in [4.78, 5) is 28.0. The first-order valence-corrected chi connectivity index (χ1v) is 8.98. The average molecular weight is 344 g/mol. The van der Waals surface area contributed by atoms with Crippen molar-refractivity contribution in [3.05, 3.63) is 34.8 Å². The van der Waals surface area contributed by atoms with E-state index < -0.39 is 5.97 Å². The number of hydrogen-bond donors (Lipinski definition) is 2. The number of aromatic nitrogens is 1. The van der Waals surface area contributed by atoms with E-state index in [1.807, 2.05) is 24.3 Å². The lowest BCUT2D eigenvalue weighted by atomic mass is 9.88. The molecule has 5 nitrogen and oxygen atoms in total. The maximum Gasteiger partial charge on any atom is 0.347 e. The highest BCUT2D eigenvalue weighted by Crippen LogP contribution is 2.29. The minimum Gasteiger partial charge on any atom is -0.477 e. The number of benzene rings is 1. The standard InChI is InChI=1S/C18H20N2O3S/c1-11-15(18(22)23)24-17(19-11)13-7-9-14(10-8-13)20-16(21)12-5-3-2-4-6-12/h7-10,12H,2-6H2,1H3,(H,20,21)(H,22,23). The number of rotatable bonds is 4. The van der Waals surface area contributed by atoms with Crippen molar-refractivity contribution in [2.75, 3.05) is 5.32 Å². The summed E-state index contributed by atoms with van der Waals surface area (Å²) in [6.45, 7) is 1.70. The summed E-state index contributed by atoms with van der Waals surface area (Å²) < 4.78 is 0. The molecular weight excluding hydrogens is 324 g/mol. The van der Waals surface area contributed by atoms with Crippen molar-refractivity contribution in [3.8, 4) is 10.6 Å². The summed E-state index contributed by atoms with van der Waals surface area (Å²) in [5.74, 6) is -0.730. The lowest BCUT2D eigenvalue weighted by Crippen LogP contribution is -2.24.